The van der Waals surface area contributed by atoms with Crippen molar-refractivity contribution in [1.29, 1.82) is 0 Å². The van der Waals surface area contributed by atoms with Gasteiger partial charge in [0.15, 0.2) is 0 Å². The molecular formula is C16H19NO. The minimum absolute atomic E-state index is 0.0820. The van der Waals surface area contributed by atoms with Gasteiger partial charge in [-0.25, -0.2) is 0 Å². The first-order chi connectivity index (χ1) is 8.77. The van der Waals surface area contributed by atoms with Crippen molar-refractivity contribution < 1.29 is 4.74 Å². The monoisotopic (exact) mass is 241 g/mol. The Morgan fingerprint density at radius 1 is 1.22 bits per heavy atom. The minimum Gasteiger partial charge on any atom is -0.381 e. The maximum absolute atomic E-state index is 6.49. The first kappa shape index (κ1) is 11.7. The van der Waals surface area contributed by atoms with Crippen molar-refractivity contribution in [3.05, 3.63) is 47.5 Å². The van der Waals surface area contributed by atoms with Gasteiger partial charge in [-0.1, -0.05) is 36.4 Å². The normalized spacial score (nSPS) is 21.3. The molecule has 1 aliphatic rings. The van der Waals surface area contributed by atoms with Crippen molar-refractivity contribution in [1.82, 2.24) is 0 Å². The van der Waals surface area contributed by atoms with E-state index in [1.807, 2.05) is 0 Å². The minimum atomic E-state index is 0.0820. The molecular weight excluding hydrogens is 222 g/mol. The van der Waals surface area contributed by atoms with E-state index in [2.05, 4.69) is 43.3 Å². The lowest BCUT2D eigenvalue weighted by atomic mass is 9.87. The summed E-state index contributed by atoms with van der Waals surface area (Å²) in [6, 6.07) is 12.9. The average molecular weight is 241 g/mol. The van der Waals surface area contributed by atoms with Crippen LogP contribution < -0.4 is 5.73 Å². The number of ether oxygens (including phenoxy) is 1. The van der Waals surface area contributed by atoms with Crippen LogP contribution in [0.5, 0.6) is 0 Å². The smallest absolute Gasteiger partial charge is 0.0513 e. The zero-order chi connectivity index (χ0) is 12.5. The van der Waals surface area contributed by atoms with Crippen molar-refractivity contribution in [3.63, 3.8) is 0 Å². The van der Waals surface area contributed by atoms with E-state index in [1.165, 1.54) is 21.9 Å². The summed E-state index contributed by atoms with van der Waals surface area (Å²) in [7, 11) is 0. The van der Waals surface area contributed by atoms with Crippen LogP contribution in [-0.2, 0) is 4.74 Å². The quantitative estimate of drug-likeness (QED) is 0.876. The molecule has 0 aliphatic carbocycles. The molecule has 0 saturated carbocycles. The number of hydrogen-bond acceptors (Lipinski definition) is 2. The standard InChI is InChI=1S/C16H19NO/c1-11-6-7-12-4-2-3-5-14(12)15(11)16(17)13-8-9-18-10-13/h2-7,13,16H,8-10,17H2,1H3. The van der Waals surface area contributed by atoms with Gasteiger partial charge in [-0.3, -0.25) is 0 Å². The largest absolute Gasteiger partial charge is 0.381 e. The highest BCUT2D eigenvalue weighted by Crippen LogP contribution is 2.33. The van der Waals surface area contributed by atoms with Gasteiger partial charge in [0.2, 0.25) is 0 Å². The molecule has 2 nitrogen and oxygen atoms in total. The molecule has 0 spiro atoms. The molecule has 1 aliphatic heterocycles. The molecule has 0 radical (unpaired) electrons. The zero-order valence-electron chi connectivity index (χ0n) is 10.7. The number of rotatable bonds is 2. The number of hydrogen-bond donors (Lipinski definition) is 1. The van der Waals surface area contributed by atoms with E-state index < -0.39 is 0 Å². The molecule has 3 rings (SSSR count). The van der Waals surface area contributed by atoms with E-state index in [1.54, 1.807) is 0 Å². The van der Waals surface area contributed by atoms with Crippen LogP contribution in [0.3, 0.4) is 0 Å². The van der Waals surface area contributed by atoms with Crippen LogP contribution in [0.2, 0.25) is 0 Å². The summed E-state index contributed by atoms with van der Waals surface area (Å²) >= 11 is 0. The fourth-order valence-electron chi connectivity index (χ4n) is 2.92. The molecule has 2 aromatic rings. The maximum atomic E-state index is 6.49. The predicted molar refractivity (Wildman–Crippen MR) is 74.5 cm³/mol. The highest BCUT2D eigenvalue weighted by molar-refractivity contribution is 5.87. The van der Waals surface area contributed by atoms with Gasteiger partial charge in [0.1, 0.15) is 0 Å². The third-order valence-corrected chi connectivity index (χ3v) is 3.99. The Morgan fingerprint density at radius 3 is 2.83 bits per heavy atom. The molecule has 2 unspecified atom stereocenters. The van der Waals surface area contributed by atoms with E-state index in [9.17, 15) is 0 Å². The second-order valence-electron chi connectivity index (χ2n) is 5.17. The highest BCUT2D eigenvalue weighted by Gasteiger charge is 2.26. The lowest BCUT2D eigenvalue weighted by molar-refractivity contribution is 0.181. The van der Waals surface area contributed by atoms with Crippen LogP contribution in [-0.4, -0.2) is 13.2 Å². The van der Waals surface area contributed by atoms with Crippen LogP contribution in [0.4, 0.5) is 0 Å². The SMILES string of the molecule is Cc1ccc2ccccc2c1C(N)C1CCOC1. The molecule has 1 fully saturated rings. The summed E-state index contributed by atoms with van der Waals surface area (Å²) in [4.78, 5) is 0. The topological polar surface area (TPSA) is 35.2 Å². The van der Waals surface area contributed by atoms with Crippen molar-refractivity contribution in [2.75, 3.05) is 13.2 Å². The summed E-state index contributed by atoms with van der Waals surface area (Å²) in [5.41, 5.74) is 9.07. The van der Waals surface area contributed by atoms with E-state index in [4.69, 9.17) is 10.5 Å². The zero-order valence-corrected chi connectivity index (χ0v) is 10.7. The summed E-state index contributed by atoms with van der Waals surface area (Å²) in [6.45, 7) is 3.80. The van der Waals surface area contributed by atoms with Crippen molar-refractivity contribution >= 4 is 10.8 Å². The van der Waals surface area contributed by atoms with Crippen LogP contribution in [0.1, 0.15) is 23.6 Å². The molecule has 1 saturated heterocycles. The number of aryl methyl sites for hydroxylation is 1. The molecule has 2 N–H and O–H groups in total. The third kappa shape index (κ3) is 1.92. The molecule has 1 heterocycles. The van der Waals surface area contributed by atoms with Gasteiger partial charge < -0.3 is 10.5 Å². The predicted octanol–water partition coefficient (Wildman–Crippen LogP) is 3.18. The first-order valence-electron chi connectivity index (χ1n) is 6.59. The van der Waals surface area contributed by atoms with Crippen molar-refractivity contribution in [2.45, 2.75) is 19.4 Å². The van der Waals surface area contributed by atoms with E-state index in [0.717, 1.165) is 19.6 Å². The summed E-state index contributed by atoms with van der Waals surface area (Å²) in [6.07, 6.45) is 1.07. The number of benzene rings is 2. The Hall–Kier alpha value is -1.38. The lowest BCUT2D eigenvalue weighted by Gasteiger charge is -2.22. The Labute approximate surface area is 108 Å². The highest BCUT2D eigenvalue weighted by atomic mass is 16.5. The van der Waals surface area contributed by atoms with Crippen molar-refractivity contribution in [3.8, 4) is 0 Å². The molecule has 0 aromatic heterocycles. The molecule has 2 aromatic carbocycles. The third-order valence-electron chi connectivity index (χ3n) is 3.99. The fourth-order valence-corrected chi connectivity index (χ4v) is 2.92. The molecule has 18 heavy (non-hydrogen) atoms. The average Bonchev–Trinajstić information content (AvgIpc) is 2.92. The number of nitrogens with two attached hydrogens (primary N) is 1. The molecule has 2 heteroatoms. The van der Waals surface area contributed by atoms with Crippen LogP contribution in [0.25, 0.3) is 10.8 Å². The molecule has 0 amide bonds. The Balaban J connectivity index is 2.11. The first-order valence-corrected chi connectivity index (χ1v) is 6.59. The van der Waals surface area contributed by atoms with E-state index >= 15 is 0 Å². The Morgan fingerprint density at radius 2 is 2.06 bits per heavy atom. The number of fused-ring (bicyclic) bond motifs is 1. The van der Waals surface area contributed by atoms with E-state index in [-0.39, 0.29) is 6.04 Å². The van der Waals surface area contributed by atoms with Crippen LogP contribution >= 0.6 is 0 Å². The molecule has 94 valence electrons. The summed E-state index contributed by atoms with van der Waals surface area (Å²) < 4.78 is 5.47. The van der Waals surface area contributed by atoms with Gasteiger partial charge in [-0.2, -0.15) is 0 Å². The van der Waals surface area contributed by atoms with Crippen LogP contribution in [0, 0.1) is 12.8 Å². The van der Waals surface area contributed by atoms with Gasteiger partial charge in [0, 0.05) is 18.6 Å². The Bertz CT molecular complexity index is 558. The van der Waals surface area contributed by atoms with Gasteiger partial charge in [-0.15, -0.1) is 0 Å². The molecule has 0 bridgehead atoms. The second-order valence-corrected chi connectivity index (χ2v) is 5.17. The fraction of sp³-hybridized carbons (Fsp3) is 0.375. The van der Waals surface area contributed by atoms with Gasteiger partial charge in [0.05, 0.1) is 6.61 Å². The van der Waals surface area contributed by atoms with Gasteiger partial charge >= 0.3 is 0 Å². The van der Waals surface area contributed by atoms with Gasteiger partial charge in [0.25, 0.3) is 0 Å². The molecule has 2 atom stereocenters. The van der Waals surface area contributed by atoms with Crippen molar-refractivity contribution in [2.24, 2.45) is 11.7 Å². The van der Waals surface area contributed by atoms with Gasteiger partial charge in [-0.05, 0) is 35.2 Å². The summed E-state index contributed by atoms with van der Waals surface area (Å²) in [5.74, 6) is 0.453. The lowest BCUT2D eigenvalue weighted by Crippen LogP contribution is -2.22. The van der Waals surface area contributed by atoms with Crippen LogP contribution in [0.15, 0.2) is 36.4 Å². The Kier molecular flexibility index (Phi) is 3.06. The van der Waals surface area contributed by atoms with E-state index in [0.29, 0.717) is 5.92 Å². The second kappa shape index (κ2) is 4.71. The maximum Gasteiger partial charge on any atom is 0.0513 e. The summed E-state index contributed by atoms with van der Waals surface area (Å²) in [5, 5.41) is 2.56.